The van der Waals surface area contributed by atoms with Crippen LogP contribution in [0, 0.1) is 17.8 Å². The van der Waals surface area contributed by atoms with Crippen LogP contribution in [0.2, 0.25) is 0 Å². The van der Waals surface area contributed by atoms with Crippen molar-refractivity contribution in [3.05, 3.63) is 0 Å². The molecule has 3 unspecified atom stereocenters. The molecule has 0 aliphatic carbocycles. The highest BCUT2D eigenvalue weighted by Gasteiger charge is 2.30. The Bertz CT molecular complexity index is 1720. The average molecular weight is 1280 g/mol. The van der Waals surface area contributed by atoms with Crippen molar-refractivity contribution < 1.29 is 80.2 Å². The minimum absolute atomic E-state index is 0.101. The molecule has 0 aromatic rings. The maximum Gasteiger partial charge on any atom is 0.472 e. The summed E-state index contributed by atoms with van der Waals surface area (Å²) >= 11 is 0. The zero-order valence-corrected chi connectivity index (χ0v) is 58.3. The number of aliphatic hydroxyl groups is 1. The summed E-state index contributed by atoms with van der Waals surface area (Å²) in [5.41, 5.74) is 0. The minimum Gasteiger partial charge on any atom is -0.462 e. The summed E-state index contributed by atoms with van der Waals surface area (Å²) in [5.74, 6) is -0.00947. The van der Waals surface area contributed by atoms with Gasteiger partial charge in [0.05, 0.1) is 26.4 Å². The van der Waals surface area contributed by atoms with Gasteiger partial charge in [0.15, 0.2) is 12.2 Å². The van der Waals surface area contributed by atoms with E-state index in [1.807, 2.05) is 0 Å². The van der Waals surface area contributed by atoms with Crippen molar-refractivity contribution in [3.63, 3.8) is 0 Å². The third-order valence-corrected chi connectivity index (χ3v) is 17.9. The van der Waals surface area contributed by atoms with Crippen LogP contribution in [0.5, 0.6) is 0 Å². The Labute approximate surface area is 530 Å². The van der Waals surface area contributed by atoms with Gasteiger partial charge in [-0.15, -0.1) is 0 Å². The molecule has 0 saturated carbocycles. The van der Waals surface area contributed by atoms with Crippen LogP contribution in [0.4, 0.5) is 0 Å². The Morgan fingerprint density at radius 2 is 0.586 bits per heavy atom. The molecule has 0 spiro atoms. The molecule has 0 saturated heterocycles. The van der Waals surface area contributed by atoms with E-state index in [0.29, 0.717) is 37.5 Å². The molecular formula is C68H132O17P2. The Morgan fingerprint density at radius 3 is 0.874 bits per heavy atom. The zero-order valence-electron chi connectivity index (χ0n) is 56.5. The third-order valence-electron chi connectivity index (χ3n) is 16.0. The number of hydrogen-bond donors (Lipinski definition) is 3. The SMILES string of the molecule is CCCCCCCCCCCCCCCCCCCC(=O)O[C@H](COC(=O)CCCCCCCCCCC(C)CC)COP(=O)(O)OC[C@@H](O)COP(=O)(O)OC[C@@H](COC(=O)CCCCCCCCC(C)C)OC(=O)CCCCCCCCC(C)C. The van der Waals surface area contributed by atoms with Gasteiger partial charge in [-0.2, -0.15) is 0 Å². The van der Waals surface area contributed by atoms with Gasteiger partial charge in [-0.05, 0) is 43.4 Å². The normalized spacial score (nSPS) is 14.6. The lowest BCUT2D eigenvalue weighted by Crippen LogP contribution is -2.30. The Balaban J connectivity index is 5.22. The fourth-order valence-electron chi connectivity index (χ4n) is 10.2. The summed E-state index contributed by atoms with van der Waals surface area (Å²) in [6.45, 7) is 11.7. The van der Waals surface area contributed by atoms with Gasteiger partial charge >= 0.3 is 39.5 Å². The maximum absolute atomic E-state index is 13.0. The molecule has 6 atom stereocenters. The van der Waals surface area contributed by atoms with E-state index in [0.717, 1.165) is 102 Å². The summed E-state index contributed by atoms with van der Waals surface area (Å²) in [5, 5.41) is 10.6. The maximum atomic E-state index is 13.0. The number of hydrogen-bond acceptors (Lipinski definition) is 15. The molecule has 0 rings (SSSR count). The third kappa shape index (κ3) is 61.3. The first-order valence-corrected chi connectivity index (χ1v) is 38.4. The number of carbonyl (C=O) groups is 4. The predicted octanol–water partition coefficient (Wildman–Crippen LogP) is 19.1. The quantitative estimate of drug-likeness (QED) is 0.0222. The number of aliphatic hydroxyl groups excluding tert-OH is 1. The van der Waals surface area contributed by atoms with Crippen LogP contribution >= 0.6 is 15.6 Å². The van der Waals surface area contributed by atoms with Gasteiger partial charge in [0.1, 0.15) is 19.3 Å². The van der Waals surface area contributed by atoms with Gasteiger partial charge < -0.3 is 33.8 Å². The van der Waals surface area contributed by atoms with E-state index in [4.69, 9.17) is 37.0 Å². The molecule has 0 bridgehead atoms. The highest BCUT2D eigenvalue weighted by molar-refractivity contribution is 7.47. The molecule has 0 fully saturated rings. The Kier molecular flexibility index (Phi) is 57.8. The number of phosphoric ester groups is 2. The first kappa shape index (κ1) is 85.1. The second-order valence-corrected chi connectivity index (χ2v) is 28.7. The van der Waals surface area contributed by atoms with Crippen molar-refractivity contribution in [1.29, 1.82) is 0 Å². The van der Waals surface area contributed by atoms with E-state index in [-0.39, 0.29) is 25.7 Å². The fourth-order valence-corrected chi connectivity index (χ4v) is 11.7. The van der Waals surface area contributed by atoms with Crippen LogP contribution in [-0.4, -0.2) is 96.7 Å². The highest BCUT2D eigenvalue weighted by atomic mass is 31.2. The highest BCUT2D eigenvalue weighted by Crippen LogP contribution is 2.45. The van der Waals surface area contributed by atoms with Crippen molar-refractivity contribution in [1.82, 2.24) is 0 Å². The van der Waals surface area contributed by atoms with Crippen molar-refractivity contribution in [3.8, 4) is 0 Å². The molecule has 17 nitrogen and oxygen atoms in total. The lowest BCUT2D eigenvalue weighted by molar-refractivity contribution is -0.161. The van der Waals surface area contributed by atoms with Crippen LogP contribution in [0.15, 0.2) is 0 Å². The lowest BCUT2D eigenvalue weighted by atomic mass is 9.99. The summed E-state index contributed by atoms with van der Waals surface area (Å²) in [6.07, 6.45) is 42.0. The average Bonchev–Trinajstić information content (AvgIpc) is 3.67. The molecule has 0 aromatic carbocycles. The van der Waals surface area contributed by atoms with E-state index in [9.17, 15) is 43.2 Å². The summed E-state index contributed by atoms with van der Waals surface area (Å²) < 4.78 is 68.1. The van der Waals surface area contributed by atoms with E-state index in [1.165, 1.54) is 141 Å². The first-order chi connectivity index (χ1) is 41.8. The number of unbranched alkanes of at least 4 members (excludes halogenated alkanes) is 33. The largest absolute Gasteiger partial charge is 0.472 e. The smallest absolute Gasteiger partial charge is 0.462 e. The molecule has 87 heavy (non-hydrogen) atoms. The van der Waals surface area contributed by atoms with E-state index in [2.05, 4.69) is 48.5 Å². The molecule has 0 amide bonds. The molecular weight excluding hydrogens is 1150 g/mol. The standard InChI is InChI=1S/C68H132O17P2/c1-8-10-11-12-13-14-15-16-17-18-19-20-21-22-27-37-44-51-67(72)84-63(55-78-65(70)49-42-35-26-24-23-25-34-41-48-61(7)9-2)57-82-86(74,75)80-53-62(69)54-81-87(76,77)83-58-64(85-68(73)52-45-38-31-29-33-40-47-60(5)6)56-79-66(71)50-43-36-30-28-32-39-46-59(3)4/h59-64,69H,8-58H2,1-7H3,(H,74,75)(H,76,77)/t61?,62-,63-,64-/m1/s1. The molecule has 0 aromatic heterocycles. The van der Waals surface area contributed by atoms with E-state index in [1.54, 1.807) is 0 Å². The molecule has 19 heteroatoms. The second-order valence-electron chi connectivity index (χ2n) is 25.8. The van der Waals surface area contributed by atoms with Crippen LogP contribution in [-0.2, 0) is 65.4 Å². The van der Waals surface area contributed by atoms with Crippen molar-refractivity contribution in [2.24, 2.45) is 17.8 Å². The van der Waals surface area contributed by atoms with Crippen molar-refractivity contribution in [2.75, 3.05) is 39.6 Å². The summed E-state index contributed by atoms with van der Waals surface area (Å²) in [4.78, 5) is 72.3. The van der Waals surface area contributed by atoms with Gasteiger partial charge in [-0.3, -0.25) is 37.3 Å². The van der Waals surface area contributed by atoms with Crippen molar-refractivity contribution >= 4 is 39.5 Å². The number of phosphoric acid groups is 2. The Morgan fingerprint density at radius 1 is 0.333 bits per heavy atom. The lowest BCUT2D eigenvalue weighted by Gasteiger charge is -2.21. The van der Waals surface area contributed by atoms with Gasteiger partial charge in [0, 0.05) is 25.7 Å². The van der Waals surface area contributed by atoms with Crippen LogP contribution in [0.1, 0.15) is 337 Å². The molecule has 0 heterocycles. The number of carbonyl (C=O) groups excluding carboxylic acids is 4. The van der Waals surface area contributed by atoms with E-state index >= 15 is 0 Å². The number of rotatable bonds is 66. The van der Waals surface area contributed by atoms with Crippen LogP contribution < -0.4 is 0 Å². The minimum atomic E-state index is -4.95. The van der Waals surface area contributed by atoms with Gasteiger partial charge in [0.25, 0.3) is 0 Å². The van der Waals surface area contributed by atoms with Crippen molar-refractivity contribution in [2.45, 2.75) is 356 Å². The predicted molar refractivity (Wildman–Crippen MR) is 349 cm³/mol. The summed E-state index contributed by atoms with van der Waals surface area (Å²) in [7, 11) is -9.89. The van der Waals surface area contributed by atoms with Gasteiger partial charge in [-0.25, -0.2) is 9.13 Å². The monoisotopic (exact) mass is 1280 g/mol. The molecule has 3 N–H and O–H groups in total. The molecule has 0 radical (unpaired) electrons. The summed E-state index contributed by atoms with van der Waals surface area (Å²) in [6, 6.07) is 0. The molecule has 516 valence electrons. The zero-order chi connectivity index (χ0) is 64.5. The molecule has 0 aliphatic rings. The van der Waals surface area contributed by atoms with Crippen LogP contribution in [0.3, 0.4) is 0 Å². The topological polar surface area (TPSA) is 237 Å². The first-order valence-electron chi connectivity index (χ1n) is 35.4. The number of esters is 4. The van der Waals surface area contributed by atoms with Crippen LogP contribution in [0.25, 0.3) is 0 Å². The molecule has 0 aliphatic heterocycles. The fraction of sp³-hybridized carbons (Fsp3) is 0.941. The van der Waals surface area contributed by atoms with Gasteiger partial charge in [-0.1, -0.05) is 286 Å². The van der Waals surface area contributed by atoms with E-state index < -0.39 is 97.5 Å². The number of ether oxygens (including phenoxy) is 4. The van der Waals surface area contributed by atoms with Gasteiger partial charge in [0.2, 0.25) is 0 Å². The Hall–Kier alpha value is -1.94. The second kappa shape index (κ2) is 59.1.